The van der Waals surface area contributed by atoms with Crippen molar-refractivity contribution in [2.75, 3.05) is 6.54 Å². The number of tetrazole rings is 1. The lowest BCUT2D eigenvalue weighted by atomic mass is 9.99. The van der Waals surface area contributed by atoms with Gasteiger partial charge >= 0.3 is 0 Å². The second kappa shape index (κ2) is 6.95. The molecule has 17 heavy (non-hydrogen) atoms. The molecule has 1 unspecified atom stereocenters. The minimum atomic E-state index is -0.423. The molecule has 0 fully saturated rings. The summed E-state index contributed by atoms with van der Waals surface area (Å²) in [5.41, 5.74) is 5.80. The van der Waals surface area contributed by atoms with Crippen LogP contribution in [-0.4, -0.2) is 38.7 Å². The third-order valence-electron chi connectivity index (χ3n) is 2.81. The van der Waals surface area contributed by atoms with E-state index in [9.17, 15) is 4.79 Å². The third kappa shape index (κ3) is 4.48. The van der Waals surface area contributed by atoms with Crippen LogP contribution < -0.4 is 11.1 Å². The van der Waals surface area contributed by atoms with Gasteiger partial charge in [-0.05, 0) is 22.8 Å². The van der Waals surface area contributed by atoms with E-state index in [1.54, 1.807) is 11.0 Å². The van der Waals surface area contributed by atoms with Gasteiger partial charge in [0.1, 0.15) is 6.33 Å². The maximum atomic E-state index is 11.6. The second-order valence-corrected chi connectivity index (χ2v) is 4.13. The summed E-state index contributed by atoms with van der Waals surface area (Å²) in [4.78, 5) is 11.6. The number of rotatable bonds is 7. The smallest absolute Gasteiger partial charge is 0.237 e. The molecule has 7 nitrogen and oxygen atoms in total. The minimum Gasteiger partial charge on any atom is -0.355 e. The Labute approximate surface area is 101 Å². The number of hydrogen-bond acceptors (Lipinski definition) is 5. The zero-order valence-corrected chi connectivity index (χ0v) is 10.3. The van der Waals surface area contributed by atoms with Crippen molar-refractivity contribution >= 4 is 5.91 Å². The SMILES string of the molecule is CCC(C)[C@H](N)C(=O)NCCCn1cnnn1. The predicted octanol–water partition coefficient (Wildman–Crippen LogP) is -0.447. The van der Waals surface area contributed by atoms with Crippen molar-refractivity contribution < 1.29 is 4.79 Å². The summed E-state index contributed by atoms with van der Waals surface area (Å²) >= 11 is 0. The lowest BCUT2D eigenvalue weighted by Gasteiger charge is -2.17. The topological polar surface area (TPSA) is 98.7 Å². The Hall–Kier alpha value is -1.50. The van der Waals surface area contributed by atoms with Crippen LogP contribution in [0.5, 0.6) is 0 Å². The van der Waals surface area contributed by atoms with Crippen molar-refractivity contribution in [3.63, 3.8) is 0 Å². The van der Waals surface area contributed by atoms with Gasteiger partial charge in [-0.15, -0.1) is 5.10 Å². The Bertz CT molecular complexity index is 326. The van der Waals surface area contributed by atoms with E-state index >= 15 is 0 Å². The van der Waals surface area contributed by atoms with Crippen molar-refractivity contribution in [2.45, 2.75) is 39.3 Å². The summed E-state index contributed by atoms with van der Waals surface area (Å²) < 4.78 is 1.63. The van der Waals surface area contributed by atoms with Gasteiger partial charge in [-0.2, -0.15) is 0 Å². The molecule has 0 saturated carbocycles. The number of hydrogen-bond donors (Lipinski definition) is 2. The summed E-state index contributed by atoms with van der Waals surface area (Å²) in [6, 6.07) is -0.423. The fourth-order valence-corrected chi connectivity index (χ4v) is 1.37. The van der Waals surface area contributed by atoms with Gasteiger partial charge in [0, 0.05) is 13.1 Å². The molecule has 0 bridgehead atoms. The van der Waals surface area contributed by atoms with Crippen LogP contribution in [0.15, 0.2) is 6.33 Å². The fourth-order valence-electron chi connectivity index (χ4n) is 1.37. The molecule has 1 aromatic heterocycles. The number of amides is 1. The van der Waals surface area contributed by atoms with Crippen LogP contribution in [0, 0.1) is 5.92 Å². The molecule has 3 N–H and O–H groups in total. The zero-order valence-electron chi connectivity index (χ0n) is 10.3. The Morgan fingerprint density at radius 3 is 2.94 bits per heavy atom. The number of carbonyl (C=O) groups is 1. The molecule has 1 amide bonds. The average Bonchev–Trinajstić information content (AvgIpc) is 2.85. The molecule has 0 aliphatic carbocycles. The van der Waals surface area contributed by atoms with E-state index in [0.29, 0.717) is 13.1 Å². The molecule has 96 valence electrons. The van der Waals surface area contributed by atoms with Gasteiger partial charge in [-0.25, -0.2) is 4.68 Å². The van der Waals surface area contributed by atoms with E-state index in [2.05, 4.69) is 20.8 Å². The highest BCUT2D eigenvalue weighted by Crippen LogP contribution is 2.04. The molecule has 1 heterocycles. The molecular weight excluding hydrogens is 220 g/mol. The summed E-state index contributed by atoms with van der Waals surface area (Å²) in [6.45, 7) is 5.27. The van der Waals surface area contributed by atoms with E-state index in [0.717, 1.165) is 12.8 Å². The molecule has 0 aliphatic heterocycles. The molecule has 0 radical (unpaired) electrons. The largest absolute Gasteiger partial charge is 0.355 e. The molecule has 7 heteroatoms. The molecule has 0 saturated heterocycles. The van der Waals surface area contributed by atoms with Crippen LogP contribution in [0.25, 0.3) is 0 Å². The maximum Gasteiger partial charge on any atom is 0.237 e. The van der Waals surface area contributed by atoms with Gasteiger partial charge in [0.25, 0.3) is 0 Å². The Balaban J connectivity index is 2.16. The van der Waals surface area contributed by atoms with Gasteiger partial charge in [-0.3, -0.25) is 4.79 Å². The lowest BCUT2D eigenvalue weighted by Crippen LogP contribution is -2.44. The molecule has 0 spiro atoms. The molecule has 0 aliphatic rings. The van der Waals surface area contributed by atoms with Gasteiger partial charge in [0.05, 0.1) is 6.04 Å². The first-order valence-corrected chi connectivity index (χ1v) is 5.89. The second-order valence-electron chi connectivity index (χ2n) is 4.13. The highest BCUT2D eigenvalue weighted by Gasteiger charge is 2.18. The normalized spacial score (nSPS) is 14.3. The quantitative estimate of drug-likeness (QED) is 0.629. The molecule has 1 rings (SSSR count). The number of nitrogens with two attached hydrogens (primary N) is 1. The summed E-state index contributed by atoms with van der Waals surface area (Å²) in [6.07, 6.45) is 3.23. The van der Waals surface area contributed by atoms with E-state index in [1.165, 1.54) is 0 Å². The van der Waals surface area contributed by atoms with Crippen molar-refractivity contribution in [2.24, 2.45) is 11.7 Å². The predicted molar refractivity (Wildman–Crippen MR) is 62.9 cm³/mol. The standard InChI is InChI=1S/C10H20N6O/c1-3-8(2)9(11)10(17)12-5-4-6-16-7-13-14-15-16/h7-9H,3-6,11H2,1-2H3,(H,12,17)/t8?,9-/m0/s1. The maximum absolute atomic E-state index is 11.6. The summed E-state index contributed by atoms with van der Waals surface area (Å²) in [7, 11) is 0. The first kappa shape index (κ1) is 13.6. The molecule has 1 aromatic rings. The average molecular weight is 240 g/mol. The van der Waals surface area contributed by atoms with Crippen molar-refractivity contribution in [3.05, 3.63) is 6.33 Å². The molecule has 0 aromatic carbocycles. The number of nitrogens with zero attached hydrogens (tertiary/aromatic N) is 4. The summed E-state index contributed by atoms with van der Waals surface area (Å²) in [5.74, 6) is 0.116. The van der Waals surface area contributed by atoms with Gasteiger partial charge in [-0.1, -0.05) is 20.3 Å². The lowest BCUT2D eigenvalue weighted by molar-refractivity contribution is -0.123. The third-order valence-corrected chi connectivity index (χ3v) is 2.81. The Morgan fingerprint density at radius 1 is 1.59 bits per heavy atom. The van der Waals surface area contributed by atoms with E-state index in [1.807, 2.05) is 13.8 Å². The first-order valence-electron chi connectivity index (χ1n) is 5.89. The molecule has 2 atom stereocenters. The van der Waals surface area contributed by atoms with Gasteiger partial charge < -0.3 is 11.1 Å². The number of aryl methyl sites for hydroxylation is 1. The van der Waals surface area contributed by atoms with Crippen LogP contribution in [0.2, 0.25) is 0 Å². The van der Waals surface area contributed by atoms with Crippen molar-refractivity contribution in [1.29, 1.82) is 0 Å². The van der Waals surface area contributed by atoms with E-state index in [4.69, 9.17) is 5.73 Å². The number of aromatic nitrogens is 4. The zero-order chi connectivity index (χ0) is 12.7. The van der Waals surface area contributed by atoms with Crippen LogP contribution in [0.1, 0.15) is 26.7 Å². The Morgan fingerprint density at radius 2 is 2.35 bits per heavy atom. The summed E-state index contributed by atoms with van der Waals surface area (Å²) in [5, 5.41) is 13.6. The van der Waals surface area contributed by atoms with E-state index < -0.39 is 6.04 Å². The number of nitrogens with one attached hydrogen (secondary N) is 1. The van der Waals surface area contributed by atoms with Crippen LogP contribution in [0.3, 0.4) is 0 Å². The Kier molecular flexibility index (Phi) is 5.55. The van der Waals surface area contributed by atoms with E-state index in [-0.39, 0.29) is 11.8 Å². The van der Waals surface area contributed by atoms with Gasteiger partial charge in [0.15, 0.2) is 0 Å². The first-order chi connectivity index (χ1) is 8.15. The molecular formula is C10H20N6O. The van der Waals surface area contributed by atoms with Gasteiger partial charge in [0.2, 0.25) is 5.91 Å². The van der Waals surface area contributed by atoms with Crippen LogP contribution >= 0.6 is 0 Å². The fraction of sp³-hybridized carbons (Fsp3) is 0.800. The van der Waals surface area contributed by atoms with Crippen LogP contribution in [-0.2, 0) is 11.3 Å². The van der Waals surface area contributed by atoms with Crippen molar-refractivity contribution in [3.8, 4) is 0 Å². The number of carbonyl (C=O) groups excluding carboxylic acids is 1. The monoisotopic (exact) mass is 240 g/mol. The van der Waals surface area contributed by atoms with Crippen LogP contribution in [0.4, 0.5) is 0 Å². The van der Waals surface area contributed by atoms with Crippen molar-refractivity contribution in [1.82, 2.24) is 25.5 Å². The minimum absolute atomic E-state index is 0.0870. The highest BCUT2D eigenvalue weighted by atomic mass is 16.2. The highest BCUT2D eigenvalue weighted by molar-refractivity contribution is 5.81.